The van der Waals surface area contributed by atoms with Crippen molar-refractivity contribution in [2.75, 3.05) is 4.90 Å². The highest BCUT2D eigenvalue weighted by molar-refractivity contribution is 6.31. The predicted octanol–water partition coefficient (Wildman–Crippen LogP) is 2.82. The van der Waals surface area contributed by atoms with Gasteiger partial charge in [-0.1, -0.05) is 29.8 Å². The number of fused-ring (bicyclic) bond motifs is 3. The van der Waals surface area contributed by atoms with Crippen molar-refractivity contribution in [2.45, 2.75) is 6.04 Å². The van der Waals surface area contributed by atoms with Crippen LogP contribution in [0.2, 0.25) is 0 Å². The first-order chi connectivity index (χ1) is 7.77. The third-order valence-electron chi connectivity index (χ3n) is 2.89. The van der Waals surface area contributed by atoms with Crippen molar-refractivity contribution < 1.29 is 0 Å². The molecule has 80 valence electrons. The first kappa shape index (κ1) is 9.55. The zero-order valence-corrected chi connectivity index (χ0v) is 9.35. The summed E-state index contributed by atoms with van der Waals surface area (Å²) in [5, 5.41) is 0.755. The molecule has 1 atom stereocenters. The number of allylic oxidation sites excluding steroid dienone is 2. The monoisotopic (exact) mass is 230 g/mol. The fraction of sp³-hybridized carbons (Fsp3) is 0.0769. The smallest absolute Gasteiger partial charge is 0.109 e. The molecule has 0 aromatic heterocycles. The van der Waals surface area contributed by atoms with Crippen molar-refractivity contribution in [1.82, 2.24) is 0 Å². The highest BCUT2D eigenvalue weighted by Crippen LogP contribution is 2.36. The maximum Gasteiger partial charge on any atom is 0.109 e. The van der Waals surface area contributed by atoms with Crippen LogP contribution in [0, 0.1) is 0 Å². The zero-order chi connectivity index (χ0) is 11.1. The van der Waals surface area contributed by atoms with Gasteiger partial charge >= 0.3 is 0 Å². The van der Waals surface area contributed by atoms with E-state index in [0.29, 0.717) is 0 Å². The summed E-state index contributed by atoms with van der Waals surface area (Å²) in [6.45, 7) is 0. The molecule has 1 aromatic rings. The van der Waals surface area contributed by atoms with Crippen molar-refractivity contribution in [3.05, 3.63) is 58.9 Å². The van der Waals surface area contributed by atoms with Crippen LogP contribution in [0.1, 0.15) is 5.56 Å². The van der Waals surface area contributed by atoms with Crippen LogP contribution in [0.15, 0.2) is 53.3 Å². The third-order valence-corrected chi connectivity index (χ3v) is 3.23. The number of nitrogens with zero attached hydrogens (tertiary/aromatic N) is 1. The molecule has 0 aliphatic carbocycles. The summed E-state index contributed by atoms with van der Waals surface area (Å²) >= 11 is 6.20. The van der Waals surface area contributed by atoms with Crippen molar-refractivity contribution >= 4 is 23.4 Å². The van der Waals surface area contributed by atoms with Crippen LogP contribution in [0.5, 0.6) is 0 Å². The van der Waals surface area contributed by atoms with E-state index in [9.17, 15) is 0 Å². The first-order valence-corrected chi connectivity index (χ1v) is 5.53. The van der Waals surface area contributed by atoms with Gasteiger partial charge < -0.3 is 10.6 Å². The Morgan fingerprint density at radius 3 is 2.94 bits per heavy atom. The van der Waals surface area contributed by atoms with Crippen LogP contribution >= 0.6 is 11.6 Å². The Balaban J connectivity index is 2.20. The Labute approximate surface area is 99.3 Å². The normalized spacial score (nSPS) is 22.1. The quantitative estimate of drug-likeness (QED) is 0.743. The fourth-order valence-corrected chi connectivity index (χ4v) is 2.48. The highest BCUT2D eigenvalue weighted by Gasteiger charge is 2.29. The van der Waals surface area contributed by atoms with Gasteiger partial charge in [0, 0.05) is 22.6 Å². The summed E-state index contributed by atoms with van der Waals surface area (Å²) < 4.78 is 0. The number of nitrogens with two attached hydrogens (primary N) is 1. The molecule has 0 amide bonds. The minimum absolute atomic E-state index is 0.0402. The van der Waals surface area contributed by atoms with E-state index in [0.717, 1.165) is 22.0 Å². The van der Waals surface area contributed by atoms with Crippen LogP contribution in [0.4, 0.5) is 5.69 Å². The average Bonchev–Trinajstić information content (AvgIpc) is 2.29. The Bertz CT molecular complexity index is 528. The van der Waals surface area contributed by atoms with E-state index < -0.39 is 0 Å². The molecule has 3 heteroatoms. The Hall–Kier alpha value is -1.67. The molecule has 16 heavy (non-hydrogen) atoms. The molecule has 0 spiro atoms. The molecule has 2 N–H and O–H groups in total. The molecule has 0 radical (unpaired) electrons. The molecule has 2 aliphatic rings. The molecule has 0 fully saturated rings. The van der Waals surface area contributed by atoms with E-state index >= 15 is 0 Å². The van der Waals surface area contributed by atoms with Gasteiger partial charge in [-0.25, -0.2) is 0 Å². The Kier molecular flexibility index (Phi) is 2.04. The predicted molar refractivity (Wildman–Crippen MR) is 67.9 cm³/mol. The first-order valence-electron chi connectivity index (χ1n) is 5.16. The number of benzene rings is 1. The molecule has 0 saturated heterocycles. The van der Waals surface area contributed by atoms with Crippen LogP contribution < -0.4 is 10.6 Å². The Morgan fingerprint density at radius 1 is 1.25 bits per heavy atom. The second-order valence-corrected chi connectivity index (χ2v) is 4.34. The van der Waals surface area contributed by atoms with Gasteiger partial charge in [0.1, 0.15) is 6.04 Å². The molecular formula is C13H11ClN2. The second-order valence-electron chi connectivity index (χ2n) is 3.91. The van der Waals surface area contributed by atoms with Crippen molar-refractivity contribution in [2.24, 2.45) is 5.73 Å². The number of rotatable bonds is 0. The summed E-state index contributed by atoms with van der Waals surface area (Å²) in [5.41, 5.74) is 9.11. The van der Waals surface area contributed by atoms with Crippen LogP contribution in [0.3, 0.4) is 0 Å². The molecule has 1 unspecified atom stereocenters. The molecule has 0 saturated carbocycles. The van der Waals surface area contributed by atoms with Gasteiger partial charge in [0.25, 0.3) is 0 Å². The number of para-hydroxylation sites is 1. The molecular weight excluding hydrogens is 220 g/mol. The summed E-state index contributed by atoms with van der Waals surface area (Å²) in [6.07, 6.45) is 7.83. The standard InChI is InChI=1S/C13H11ClN2/c14-10-5-3-7-16-12-6-2-1-4-9(12)8-11(15)13(10)16/h1-8,13H,15H2. The lowest BCUT2D eigenvalue weighted by Crippen LogP contribution is -2.39. The van der Waals surface area contributed by atoms with Crippen molar-refractivity contribution in [1.29, 1.82) is 0 Å². The SMILES string of the molecule is NC1=Cc2ccccc2N2C=CC=C(Cl)C12. The number of anilines is 1. The van der Waals surface area contributed by atoms with E-state index in [1.807, 2.05) is 36.6 Å². The highest BCUT2D eigenvalue weighted by atomic mass is 35.5. The average molecular weight is 231 g/mol. The topological polar surface area (TPSA) is 29.3 Å². The minimum Gasteiger partial charge on any atom is -0.400 e. The van der Waals surface area contributed by atoms with Crippen LogP contribution in [-0.4, -0.2) is 6.04 Å². The largest absolute Gasteiger partial charge is 0.400 e. The molecule has 2 aliphatic heterocycles. The zero-order valence-electron chi connectivity index (χ0n) is 8.60. The Morgan fingerprint density at radius 2 is 2.06 bits per heavy atom. The summed E-state index contributed by atoms with van der Waals surface area (Å²) in [6, 6.07) is 8.12. The van der Waals surface area contributed by atoms with Gasteiger partial charge in [-0.15, -0.1) is 0 Å². The van der Waals surface area contributed by atoms with E-state index in [1.54, 1.807) is 0 Å². The van der Waals surface area contributed by atoms with Gasteiger partial charge in [0.15, 0.2) is 0 Å². The van der Waals surface area contributed by atoms with Gasteiger partial charge in [0.2, 0.25) is 0 Å². The maximum atomic E-state index is 6.20. The lowest BCUT2D eigenvalue weighted by atomic mass is 9.98. The maximum absolute atomic E-state index is 6.20. The lowest BCUT2D eigenvalue weighted by Gasteiger charge is -2.36. The van der Waals surface area contributed by atoms with Gasteiger partial charge in [0.05, 0.1) is 0 Å². The molecule has 3 rings (SSSR count). The van der Waals surface area contributed by atoms with E-state index in [2.05, 4.69) is 17.0 Å². The van der Waals surface area contributed by atoms with E-state index in [4.69, 9.17) is 17.3 Å². The van der Waals surface area contributed by atoms with E-state index in [1.165, 1.54) is 0 Å². The van der Waals surface area contributed by atoms with Gasteiger partial charge in [-0.05, 0) is 29.9 Å². The minimum atomic E-state index is -0.0402. The second kappa shape index (κ2) is 3.42. The van der Waals surface area contributed by atoms with Crippen LogP contribution in [-0.2, 0) is 0 Å². The van der Waals surface area contributed by atoms with Crippen molar-refractivity contribution in [3.8, 4) is 0 Å². The molecule has 0 bridgehead atoms. The summed E-state index contributed by atoms with van der Waals surface area (Å²) in [7, 11) is 0. The molecule has 2 heterocycles. The third kappa shape index (κ3) is 1.27. The fourth-order valence-electron chi connectivity index (χ4n) is 2.18. The summed E-state index contributed by atoms with van der Waals surface area (Å²) in [4.78, 5) is 2.10. The number of hydrogen-bond donors (Lipinski definition) is 1. The van der Waals surface area contributed by atoms with Gasteiger partial charge in [-0.3, -0.25) is 0 Å². The van der Waals surface area contributed by atoms with E-state index in [-0.39, 0.29) is 6.04 Å². The molecule has 1 aromatic carbocycles. The molecule has 2 nitrogen and oxygen atoms in total. The summed E-state index contributed by atoms with van der Waals surface area (Å²) in [5.74, 6) is 0. The number of halogens is 1. The van der Waals surface area contributed by atoms with Crippen molar-refractivity contribution in [3.63, 3.8) is 0 Å². The van der Waals surface area contributed by atoms with Crippen LogP contribution in [0.25, 0.3) is 6.08 Å². The van der Waals surface area contributed by atoms with Gasteiger partial charge in [-0.2, -0.15) is 0 Å². The lowest BCUT2D eigenvalue weighted by molar-refractivity contribution is 0.839. The number of hydrogen-bond acceptors (Lipinski definition) is 2.